The standard InChI is InChI=1S/C13H18N2O5S/c1-8-4-5-15(12(8)7-16)11-3-2-9(21(14,19)20)6-10(11)13(17)18/h2-3,6,8,12,16H,4-5,7H2,1H3,(H,17,18)(H2,14,19,20). The number of hydrogen-bond donors (Lipinski definition) is 3. The Morgan fingerprint density at radius 2 is 2.14 bits per heavy atom. The van der Waals surface area contributed by atoms with Crippen molar-refractivity contribution in [1.29, 1.82) is 0 Å². The summed E-state index contributed by atoms with van der Waals surface area (Å²) in [4.78, 5) is 13.0. The molecule has 0 aromatic heterocycles. The molecule has 7 nitrogen and oxygen atoms in total. The summed E-state index contributed by atoms with van der Waals surface area (Å²) in [6, 6.07) is 3.60. The van der Waals surface area contributed by atoms with E-state index in [0.29, 0.717) is 12.2 Å². The van der Waals surface area contributed by atoms with E-state index in [9.17, 15) is 23.4 Å². The molecule has 1 aliphatic heterocycles. The maximum atomic E-state index is 11.4. The van der Waals surface area contributed by atoms with Crippen molar-refractivity contribution in [1.82, 2.24) is 0 Å². The number of nitrogens with zero attached hydrogens (tertiary/aromatic N) is 1. The average molecular weight is 314 g/mol. The Kier molecular flexibility index (Phi) is 4.22. The zero-order valence-electron chi connectivity index (χ0n) is 11.6. The molecule has 1 fully saturated rings. The lowest BCUT2D eigenvalue weighted by Gasteiger charge is -2.28. The summed E-state index contributed by atoms with van der Waals surface area (Å²) in [5.41, 5.74) is 0.271. The van der Waals surface area contributed by atoms with Crippen molar-refractivity contribution >= 4 is 21.7 Å². The molecule has 1 aliphatic rings. The number of rotatable bonds is 4. The SMILES string of the molecule is CC1CCN(c2ccc(S(N)(=O)=O)cc2C(=O)O)C1CO. The summed E-state index contributed by atoms with van der Waals surface area (Å²) in [6.45, 7) is 2.51. The van der Waals surface area contributed by atoms with E-state index in [-0.39, 0.29) is 29.0 Å². The minimum Gasteiger partial charge on any atom is -0.478 e. The molecule has 2 rings (SSSR count). The van der Waals surface area contributed by atoms with Crippen LogP contribution in [0, 0.1) is 5.92 Å². The summed E-state index contributed by atoms with van der Waals surface area (Å²) in [5, 5.41) is 23.8. The Hall–Kier alpha value is -1.64. The van der Waals surface area contributed by atoms with Crippen molar-refractivity contribution in [3.63, 3.8) is 0 Å². The third-order valence-corrected chi connectivity index (χ3v) is 4.82. The molecule has 0 saturated carbocycles. The van der Waals surface area contributed by atoms with Crippen LogP contribution in [0.2, 0.25) is 0 Å². The fourth-order valence-electron chi connectivity index (χ4n) is 2.70. The first-order chi connectivity index (χ1) is 9.75. The molecule has 0 radical (unpaired) electrons. The molecule has 4 N–H and O–H groups in total. The summed E-state index contributed by atoms with van der Waals surface area (Å²) < 4.78 is 22.7. The third kappa shape index (κ3) is 3.02. The number of hydrogen-bond acceptors (Lipinski definition) is 5. The zero-order valence-corrected chi connectivity index (χ0v) is 12.4. The summed E-state index contributed by atoms with van der Waals surface area (Å²) in [6.07, 6.45) is 0.835. The van der Waals surface area contributed by atoms with Gasteiger partial charge in [0.2, 0.25) is 10.0 Å². The van der Waals surface area contributed by atoms with E-state index in [4.69, 9.17) is 5.14 Å². The van der Waals surface area contributed by atoms with E-state index in [2.05, 4.69) is 0 Å². The van der Waals surface area contributed by atoms with E-state index in [1.54, 1.807) is 4.90 Å². The average Bonchev–Trinajstić information content (AvgIpc) is 2.77. The Labute approximate surface area is 123 Å². The van der Waals surface area contributed by atoms with Gasteiger partial charge < -0.3 is 15.1 Å². The van der Waals surface area contributed by atoms with E-state index in [0.717, 1.165) is 12.5 Å². The second-order valence-corrected chi connectivity index (χ2v) is 6.80. The molecule has 1 heterocycles. The van der Waals surface area contributed by atoms with Crippen LogP contribution < -0.4 is 10.0 Å². The van der Waals surface area contributed by atoms with Crippen LogP contribution in [0.4, 0.5) is 5.69 Å². The smallest absolute Gasteiger partial charge is 0.337 e. The van der Waals surface area contributed by atoms with Gasteiger partial charge in [-0.05, 0) is 30.5 Å². The molecule has 0 aliphatic carbocycles. The van der Waals surface area contributed by atoms with Crippen molar-refractivity contribution in [3.05, 3.63) is 23.8 Å². The number of carbonyl (C=O) groups is 1. The number of carboxylic acids is 1. The van der Waals surface area contributed by atoms with E-state index < -0.39 is 16.0 Å². The minimum absolute atomic E-state index is 0.0861. The molecule has 2 atom stereocenters. The number of aliphatic hydroxyl groups excluding tert-OH is 1. The molecular formula is C13H18N2O5S. The molecule has 21 heavy (non-hydrogen) atoms. The Balaban J connectivity index is 2.52. The number of sulfonamides is 1. The molecule has 2 unspecified atom stereocenters. The molecule has 0 amide bonds. The first-order valence-corrected chi connectivity index (χ1v) is 8.08. The van der Waals surface area contributed by atoms with Crippen LogP contribution in [0.15, 0.2) is 23.1 Å². The number of carboxylic acid groups (broad SMARTS) is 1. The second-order valence-electron chi connectivity index (χ2n) is 5.24. The van der Waals surface area contributed by atoms with Crippen molar-refractivity contribution in [2.45, 2.75) is 24.3 Å². The van der Waals surface area contributed by atoms with Gasteiger partial charge in [0.05, 0.1) is 28.8 Å². The maximum absolute atomic E-state index is 11.4. The topological polar surface area (TPSA) is 121 Å². The highest BCUT2D eigenvalue weighted by Gasteiger charge is 2.33. The second kappa shape index (κ2) is 5.63. The molecule has 1 aromatic rings. The van der Waals surface area contributed by atoms with Gasteiger partial charge in [-0.3, -0.25) is 0 Å². The van der Waals surface area contributed by atoms with Gasteiger partial charge in [-0.15, -0.1) is 0 Å². The highest BCUT2D eigenvalue weighted by Crippen LogP contribution is 2.33. The summed E-state index contributed by atoms with van der Waals surface area (Å²) >= 11 is 0. The van der Waals surface area contributed by atoms with Crippen LogP contribution in [-0.4, -0.2) is 43.8 Å². The first-order valence-electron chi connectivity index (χ1n) is 6.53. The third-order valence-electron chi connectivity index (χ3n) is 3.91. The van der Waals surface area contributed by atoms with Crippen molar-refractivity contribution in [3.8, 4) is 0 Å². The largest absolute Gasteiger partial charge is 0.478 e. The van der Waals surface area contributed by atoms with Crippen LogP contribution in [0.5, 0.6) is 0 Å². The van der Waals surface area contributed by atoms with Crippen molar-refractivity contribution in [2.24, 2.45) is 11.1 Å². The van der Waals surface area contributed by atoms with Gasteiger partial charge in [-0.1, -0.05) is 6.92 Å². The van der Waals surface area contributed by atoms with Gasteiger partial charge in [0.1, 0.15) is 0 Å². The van der Waals surface area contributed by atoms with Crippen LogP contribution in [-0.2, 0) is 10.0 Å². The number of aliphatic hydroxyl groups is 1. The predicted molar refractivity (Wildman–Crippen MR) is 76.8 cm³/mol. The monoisotopic (exact) mass is 314 g/mol. The molecular weight excluding hydrogens is 296 g/mol. The quantitative estimate of drug-likeness (QED) is 0.732. The fourth-order valence-corrected chi connectivity index (χ4v) is 3.24. The maximum Gasteiger partial charge on any atom is 0.337 e. The molecule has 0 bridgehead atoms. The Bertz CT molecular complexity index is 659. The number of aromatic carboxylic acids is 1. The van der Waals surface area contributed by atoms with Gasteiger partial charge >= 0.3 is 5.97 Å². The lowest BCUT2D eigenvalue weighted by Crippen LogP contribution is -2.36. The molecule has 1 aromatic carbocycles. The number of primary sulfonamides is 1. The Morgan fingerprint density at radius 1 is 1.48 bits per heavy atom. The molecule has 8 heteroatoms. The van der Waals surface area contributed by atoms with Gasteiger partial charge in [0.25, 0.3) is 0 Å². The number of anilines is 1. The van der Waals surface area contributed by atoms with Gasteiger partial charge in [0.15, 0.2) is 0 Å². The number of nitrogens with two attached hydrogens (primary N) is 1. The lowest BCUT2D eigenvalue weighted by molar-refractivity contribution is 0.0697. The van der Waals surface area contributed by atoms with E-state index in [1.807, 2.05) is 6.92 Å². The van der Waals surface area contributed by atoms with Gasteiger partial charge in [-0.2, -0.15) is 0 Å². The van der Waals surface area contributed by atoms with Crippen LogP contribution in [0.1, 0.15) is 23.7 Å². The molecule has 1 saturated heterocycles. The fraction of sp³-hybridized carbons (Fsp3) is 0.462. The zero-order chi connectivity index (χ0) is 15.8. The molecule has 0 spiro atoms. The van der Waals surface area contributed by atoms with Crippen LogP contribution in [0.25, 0.3) is 0 Å². The van der Waals surface area contributed by atoms with Crippen LogP contribution >= 0.6 is 0 Å². The van der Waals surface area contributed by atoms with Gasteiger partial charge in [0, 0.05) is 6.54 Å². The van der Waals surface area contributed by atoms with Crippen LogP contribution in [0.3, 0.4) is 0 Å². The van der Waals surface area contributed by atoms with Crippen molar-refractivity contribution in [2.75, 3.05) is 18.1 Å². The molecule has 116 valence electrons. The number of benzene rings is 1. The van der Waals surface area contributed by atoms with Crippen molar-refractivity contribution < 1.29 is 23.4 Å². The summed E-state index contributed by atoms with van der Waals surface area (Å²) in [7, 11) is -3.96. The Morgan fingerprint density at radius 3 is 2.67 bits per heavy atom. The normalized spacial score (nSPS) is 22.5. The lowest BCUT2D eigenvalue weighted by atomic mass is 10.0. The minimum atomic E-state index is -3.96. The summed E-state index contributed by atoms with van der Waals surface area (Å²) in [5.74, 6) is -0.999. The highest BCUT2D eigenvalue weighted by atomic mass is 32.2. The van der Waals surface area contributed by atoms with Gasteiger partial charge in [-0.25, -0.2) is 18.4 Å². The van der Waals surface area contributed by atoms with E-state index >= 15 is 0 Å². The highest BCUT2D eigenvalue weighted by molar-refractivity contribution is 7.89. The predicted octanol–water partition coefficient (Wildman–Crippen LogP) is 0.239. The first kappa shape index (κ1) is 15.7. The van der Waals surface area contributed by atoms with E-state index in [1.165, 1.54) is 12.1 Å².